The zero-order valence-electron chi connectivity index (χ0n) is 11.9. The van der Waals surface area contributed by atoms with Crippen LogP contribution in [0.5, 0.6) is 0 Å². The molecule has 1 aromatic heterocycles. The van der Waals surface area contributed by atoms with Gasteiger partial charge < -0.3 is 4.74 Å². The highest BCUT2D eigenvalue weighted by molar-refractivity contribution is 5.77. The summed E-state index contributed by atoms with van der Waals surface area (Å²) in [4.78, 5) is 11.9. The molecular formula is C13H23N3O2. The first kappa shape index (κ1) is 14.7. The van der Waals surface area contributed by atoms with Crippen LogP contribution in [0, 0.1) is 0 Å². The second-order valence-corrected chi connectivity index (χ2v) is 4.49. The summed E-state index contributed by atoms with van der Waals surface area (Å²) in [5.41, 5.74) is 1.84. The van der Waals surface area contributed by atoms with Crippen molar-refractivity contribution in [3.05, 3.63) is 17.5 Å². The summed E-state index contributed by atoms with van der Waals surface area (Å²) in [6, 6.07) is -0.187. The van der Waals surface area contributed by atoms with E-state index in [9.17, 15) is 4.79 Å². The number of methoxy groups -OCH3 is 1. The lowest BCUT2D eigenvalue weighted by Crippen LogP contribution is -2.36. The van der Waals surface area contributed by atoms with Crippen molar-refractivity contribution in [3.63, 3.8) is 0 Å². The van der Waals surface area contributed by atoms with Crippen molar-refractivity contribution in [1.29, 1.82) is 0 Å². The first-order chi connectivity index (χ1) is 8.53. The molecule has 0 aliphatic rings. The van der Waals surface area contributed by atoms with Gasteiger partial charge in [0.1, 0.15) is 6.04 Å². The van der Waals surface area contributed by atoms with Gasteiger partial charge in [0.2, 0.25) is 0 Å². The van der Waals surface area contributed by atoms with Gasteiger partial charge in [-0.25, -0.2) is 4.79 Å². The van der Waals surface area contributed by atoms with Crippen LogP contribution in [0.3, 0.4) is 0 Å². The fraction of sp³-hybridized carbons (Fsp3) is 0.692. The zero-order chi connectivity index (χ0) is 13.7. The molecule has 1 aromatic rings. The van der Waals surface area contributed by atoms with Gasteiger partial charge in [-0.3, -0.25) is 10.00 Å². The predicted molar refractivity (Wildman–Crippen MR) is 70.2 cm³/mol. The van der Waals surface area contributed by atoms with Crippen LogP contribution in [0.2, 0.25) is 0 Å². The van der Waals surface area contributed by atoms with Gasteiger partial charge in [-0.1, -0.05) is 13.8 Å². The Hall–Kier alpha value is -1.36. The molecule has 102 valence electrons. The molecule has 0 saturated heterocycles. The number of aromatic nitrogens is 2. The van der Waals surface area contributed by atoms with Crippen molar-refractivity contribution in [3.8, 4) is 0 Å². The van der Waals surface area contributed by atoms with Crippen LogP contribution in [0.1, 0.15) is 44.5 Å². The predicted octanol–water partition coefficient (Wildman–Crippen LogP) is 1.58. The van der Waals surface area contributed by atoms with E-state index in [4.69, 9.17) is 4.74 Å². The van der Waals surface area contributed by atoms with E-state index in [0.29, 0.717) is 0 Å². The summed E-state index contributed by atoms with van der Waals surface area (Å²) >= 11 is 0. The fourth-order valence-corrected chi connectivity index (χ4v) is 1.87. The van der Waals surface area contributed by atoms with Gasteiger partial charge >= 0.3 is 5.97 Å². The van der Waals surface area contributed by atoms with Crippen molar-refractivity contribution >= 4 is 5.97 Å². The maximum absolute atomic E-state index is 11.9. The largest absolute Gasteiger partial charge is 0.468 e. The molecule has 5 nitrogen and oxygen atoms in total. The van der Waals surface area contributed by atoms with Crippen molar-refractivity contribution < 1.29 is 9.53 Å². The Bertz CT molecular complexity index is 401. The average molecular weight is 253 g/mol. The lowest BCUT2D eigenvalue weighted by Gasteiger charge is -2.20. The topological polar surface area (TPSA) is 56.2 Å². The quantitative estimate of drug-likeness (QED) is 0.782. The zero-order valence-corrected chi connectivity index (χ0v) is 11.9. The monoisotopic (exact) mass is 253 g/mol. The van der Waals surface area contributed by atoms with E-state index < -0.39 is 6.04 Å². The third-order valence-electron chi connectivity index (χ3n) is 3.08. The van der Waals surface area contributed by atoms with E-state index in [1.807, 2.05) is 20.2 Å². The molecule has 0 amide bonds. The van der Waals surface area contributed by atoms with Crippen molar-refractivity contribution in [2.75, 3.05) is 7.11 Å². The van der Waals surface area contributed by atoms with Crippen molar-refractivity contribution in [1.82, 2.24) is 15.1 Å². The van der Waals surface area contributed by atoms with Crippen LogP contribution in [-0.4, -0.2) is 28.9 Å². The molecule has 1 heterocycles. The number of carbonyl (C=O) groups excluding carboxylic acids is 1. The van der Waals surface area contributed by atoms with Gasteiger partial charge in [0, 0.05) is 24.8 Å². The van der Waals surface area contributed by atoms with Gasteiger partial charge in [0.05, 0.1) is 12.8 Å². The number of aryl methyl sites for hydroxylation is 2. The lowest BCUT2D eigenvalue weighted by atomic mass is 10.0. The molecule has 0 aliphatic heterocycles. The minimum Gasteiger partial charge on any atom is -0.468 e. The van der Waals surface area contributed by atoms with E-state index in [1.54, 1.807) is 4.68 Å². The molecule has 2 atom stereocenters. The molecule has 0 fully saturated rings. The standard InChI is InChI=1S/C13H23N3O2/c1-6-9(3)14-12(13(17)18-5)10-8-16(4)15-11(10)7-2/h8-9,12,14H,6-7H2,1-5H3. The summed E-state index contributed by atoms with van der Waals surface area (Å²) in [6.07, 6.45) is 3.64. The van der Waals surface area contributed by atoms with Crippen LogP contribution in [0.25, 0.3) is 0 Å². The van der Waals surface area contributed by atoms with Crippen LogP contribution in [0.15, 0.2) is 6.20 Å². The average Bonchev–Trinajstić information content (AvgIpc) is 2.75. The molecule has 2 unspecified atom stereocenters. The number of nitrogens with one attached hydrogen (secondary N) is 1. The first-order valence-corrected chi connectivity index (χ1v) is 6.39. The van der Waals surface area contributed by atoms with Gasteiger partial charge in [-0.2, -0.15) is 5.10 Å². The van der Waals surface area contributed by atoms with E-state index in [2.05, 4.69) is 24.3 Å². The number of esters is 1. The molecule has 0 spiro atoms. The smallest absolute Gasteiger partial charge is 0.327 e. The van der Waals surface area contributed by atoms with E-state index in [1.165, 1.54) is 7.11 Å². The first-order valence-electron chi connectivity index (χ1n) is 6.39. The highest BCUT2D eigenvalue weighted by Crippen LogP contribution is 2.20. The fourth-order valence-electron chi connectivity index (χ4n) is 1.87. The SMILES string of the molecule is CCc1nn(C)cc1C(NC(C)CC)C(=O)OC. The minimum absolute atomic E-state index is 0.249. The van der Waals surface area contributed by atoms with Crippen molar-refractivity contribution in [2.45, 2.75) is 45.7 Å². The molecule has 0 aromatic carbocycles. The Labute approximate surface area is 109 Å². The molecule has 1 rings (SSSR count). The van der Waals surface area contributed by atoms with Crippen molar-refractivity contribution in [2.24, 2.45) is 7.05 Å². The van der Waals surface area contributed by atoms with E-state index >= 15 is 0 Å². The Morgan fingerprint density at radius 1 is 1.56 bits per heavy atom. The van der Waals surface area contributed by atoms with Crippen LogP contribution in [-0.2, 0) is 23.0 Å². The van der Waals surface area contributed by atoms with Crippen LogP contribution < -0.4 is 5.32 Å². The summed E-state index contributed by atoms with van der Waals surface area (Å²) in [5.74, 6) is -0.266. The maximum atomic E-state index is 11.9. The molecule has 0 aliphatic carbocycles. The van der Waals surface area contributed by atoms with Gasteiger partial charge in [0.25, 0.3) is 0 Å². The number of hydrogen-bond donors (Lipinski definition) is 1. The normalized spacial score (nSPS) is 14.3. The number of nitrogens with zero attached hydrogens (tertiary/aromatic N) is 2. The molecule has 5 heteroatoms. The van der Waals surface area contributed by atoms with Crippen LogP contribution >= 0.6 is 0 Å². The number of ether oxygens (including phenoxy) is 1. The summed E-state index contributed by atoms with van der Waals surface area (Å²) in [5, 5.41) is 7.66. The Balaban J connectivity index is 3.04. The van der Waals surface area contributed by atoms with Crippen LogP contribution in [0.4, 0.5) is 0 Å². The minimum atomic E-state index is -0.436. The molecule has 1 N–H and O–H groups in total. The summed E-state index contributed by atoms with van der Waals surface area (Å²) < 4.78 is 6.62. The Kier molecular flexibility index (Phi) is 5.34. The molecule has 18 heavy (non-hydrogen) atoms. The number of rotatable bonds is 6. The third kappa shape index (κ3) is 3.32. The highest BCUT2D eigenvalue weighted by atomic mass is 16.5. The third-order valence-corrected chi connectivity index (χ3v) is 3.08. The number of carbonyl (C=O) groups is 1. The number of hydrogen-bond acceptors (Lipinski definition) is 4. The second-order valence-electron chi connectivity index (χ2n) is 4.49. The molecule has 0 radical (unpaired) electrons. The van der Waals surface area contributed by atoms with E-state index in [-0.39, 0.29) is 12.0 Å². The van der Waals surface area contributed by atoms with Gasteiger partial charge in [-0.05, 0) is 19.8 Å². The molecular weight excluding hydrogens is 230 g/mol. The van der Waals surface area contributed by atoms with E-state index in [0.717, 1.165) is 24.1 Å². The summed E-state index contributed by atoms with van der Waals surface area (Å²) in [6.45, 7) is 6.16. The lowest BCUT2D eigenvalue weighted by molar-refractivity contribution is -0.143. The Morgan fingerprint density at radius 3 is 2.72 bits per heavy atom. The summed E-state index contributed by atoms with van der Waals surface area (Å²) in [7, 11) is 3.27. The molecule has 0 saturated carbocycles. The van der Waals surface area contributed by atoms with Gasteiger partial charge in [0.15, 0.2) is 0 Å². The highest BCUT2D eigenvalue weighted by Gasteiger charge is 2.26. The molecule has 0 bridgehead atoms. The Morgan fingerprint density at radius 2 is 2.22 bits per heavy atom. The second kappa shape index (κ2) is 6.54. The maximum Gasteiger partial charge on any atom is 0.327 e. The van der Waals surface area contributed by atoms with Gasteiger partial charge in [-0.15, -0.1) is 0 Å².